The molecule has 1 aliphatic rings. The van der Waals surface area contributed by atoms with E-state index in [1.54, 1.807) is 7.11 Å². The lowest BCUT2D eigenvalue weighted by molar-refractivity contribution is -0.0486. The van der Waals surface area contributed by atoms with Crippen molar-refractivity contribution in [2.24, 2.45) is 0 Å². The Labute approximate surface area is 108 Å². The lowest BCUT2D eigenvalue weighted by Crippen LogP contribution is -2.49. The monoisotopic (exact) mass is 254 g/mol. The minimum absolute atomic E-state index is 0.00670. The van der Waals surface area contributed by atoms with Crippen molar-refractivity contribution in [2.75, 3.05) is 26.2 Å². The van der Waals surface area contributed by atoms with Gasteiger partial charge < -0.3 is 9.47 Å². The molecule has 0 amide bonds. The molecule has 2 nitrogen and oxygen atoms in total. The van der Waals surface area contributed by atoms with Gasteiger partial charge in [0.15, 0.2) is 0 Å². The predicted octanol–water partition coefficient (Wildman–Crippen LogP) is 3.13. The average molecular weight is 255 g/mol. The Balaban J connectivity index is 2.58. The van der Waals surface area contributed by atoms with E-state index in [9.17, 15) is 0 Å². The van der Waals surface area contributed by atoms with E-state index in [-0.39, 0.29) is 5.41 Å². The summed E-state index contributed by atoms with van der Waals surface area (Å²) in [5, 5.41) is 0. The van der Waals surface area contributed by atoms with Gasteiger partial charge in [0.1, 0.15) is 5.75 Å². The maximum Gasteiger partial charge on any atom is 0.122 e. The Hall–Kier alpha value is -0.730. The van der Waals surface area contributed by atoms with Crippen molar-refractivity contribution in [3.8, 4) is 5.75 Å². The van der Waals surface area contributed by atoms with Crippen molar-refractivity contribution in [2.45, 2.75) is 26.2 Å². The van der Waals surface area contributed by atoms with E-state index in [0.29, 0.717) is 5.88 Å². The number of rotatable bonds is 3. The second kappa shape index (κ2) is 4.51. The molecule has 1 aromatic rings. The molecule has 0 aromatic heterocycles. The molecule has 1 heterocycles. The Morgan fingerprint density at radius 2 is 1.94 bits per heavy atom. The molecule has 2 rings (SSSR count). The van der Waals surface area contributed by atoms with Gasteiger partial charge in [-0.05, 0) is 49.1 Å². The first-order valence-corrected chi connectivity index (χ1v) is 6.38. The summed E-state index contributed by atoms with van der Waals surface area (Å²) in [6, 6.07) is 2.10. The summed E-state index contributed by atoms with van der Waals surface area (Å²) in [6.45, 7) is 7.82. The zero-order valence-corrected chi connectivity index (χ0v) is 11.6. The number of ether oxygens (including phenoxy) is 2. The fourth-order valence-corrected chi connectivity index (χ4v) is 3.00. The molecule has 1 saturated heterocycles. The maximum absolute atomic E-state index is 6.15. The van der Waals surface area contributed by atoms with Crippen molar-refractivity contribution >= 4 is 11.6 Å². The summed E-state index contributed by atoms with van der Waals surface area (Å²) in [5.74, 6) is 1.56. The highest BCUT2D eigenvalue weighted by Gasteiger charge is 2.42. The van der Waals surface area contributed by atoms with Crippen molar-refractivity contribution in [3.63, 3.8) is 0 Å². The smallest absolute Gasteiger partial charge is 0.122 e. The van der Waals surface area contributed by atoms with E-state index in [4.69, 9.17) is 21.1 Å². The second-order valence-corrected chi connectivity index (χ2v) is 5.19. The minimum Gasteiger partial charge on any atom is -0.496 e. The van der Waals surface area contributed by atoms with Crippen molar-refractivity contribution in [3.05, 3.63) is 28.3 Å². The van der Waals surface area contributed by atoms with Crippen LogP contribution in [0.2, 0.25) is 0 Å². The summed E-state index contributed by atoms with van der Waals surface area (Å²) in [6.07, 6.45) is 0. The van der Waals surface area contributed by atoms with Crippen LogP contribution in [0.25, 0.3) is 0 Å². The van der Waals surface area contributed by atoms with Gasteiger partial charge in [0.05, 0.1) is 25.7 Å². The van der Waals surface area contributed by atoms with Gasteiger partial charge >= 0.3 is 0 Å². The molecule has 1 aromatic carbocycles. The third kappa shape index (κ3) is 1.84. The van der Waals surface area contributed by atoms with Crippen LogP contribution in [0.4, 0.5) is 0 Å². The number of alkyl halides is 1. The van der Waals surface area contributed by atoms with Crippen LogP contribution in [0.3, 0.4) is 0 Å². The van der Waals surface area contributed by atoms with Crippen molar-refractivity contribution in [1.82, 2.24) is 0 Å². The highest BCUT2D eigenvalue weighted by molar-refractivity contribution is 6.18. The van der Waals surface area contributed by atoms with E-state index in [2.05, 4.69) is 26.8 Å². The fraction of sp³-hybridized carbons (Fsp3) is 0.571. The standard InChI is InChI=1S/C14H19ClO2/c1-9-5-12(16-4)10(2)11(3)13(9)14(6-15)7-17-8-14/h5H,6-8H2,1-4H3. The first kappa shape index (κ1) is 12.7. The molecule has 0 unspecified atom stereocenters. The highest BCUT2D eigenvalue weighted by atomic mass is 35.5. The SMILES string of the molecule is COc1cc(C)c(C2(CCl)COC2)c(C)c1C. The molecule has 0 atom stereocenters. The topological polar surface area (TPSA) is 18.5 Å². The average Bonchev–Trinajstić information content (AvgIpc) is 2.27. The second-order valence-electron chi connectivity index (χ2n) is 4.93. The van der Waals surface area contributed by atoms with Gasteiger partial charge in [-0.3, -0.25) is 0 Å². The molecule has 0 bridgehead atoms. The molecular formula is C14H19ClO2. The zero-order valence-electron chi connectivity index (χ0n) is 10.9. The Morgan fingerprint density at radius 3 is 2.35 bits per heavy atom. The molecule has 1 aliphatic heterocycles. The Bertz CT molecular complexity index is 431. The van der Waals surface area contributed by atoms with Gasteiger partial charge in [-0.1, -0.05) is 0 Å². The molecule has 0 radical (unpaired) electrons. The molecule has 0 saturated carbocycles. The van der Waals surface area contributed by atoms with Crippen molar-refractivity contribution in [1.29, 1.82) is 0 Å². The summed E-state index contributed by atoms with van der Waals surface area (Å²) >= 11 is 6.15. The minimum atomic E-state index is 0.00670. The van der Waals surface area contributed by atoms with Crippen LogP contribution in [0.1, 0.15) is 22.3 Å². The summed E-state index contributed by atoms with van der Waals surface area (Å²) in [7, 11) is 1.71. The number of aryl methyl sites for hydroxylation is 1. The van der Waals surface area contributed by atoms with Crippen LogP contribution in [0, 0.1) is 20.8 Å². The number of hydrogen-bond donors (Lipinski definition) is 0. The normalized spacial score (nSPS) is 17.7. The lowest BCUT2D eigenvalue weighted by atomic mass is 9.75. The summed E-state index contributed by atoms with van der Waals surface area (Å²) < 4.78 is 10.8. The third-order valence-electron chi connectivity index (χ3n) is 3.81. The van der Waals surface area contributed by atoms with Crippen LogP contribution in [0.15, 0.2) is 6.07 Å². The molecule has 94 valence electrons. The first-order valence-electron chi connectivity index (χ1n) is 5.84. The van der Waals surface area contributed by atoms with Gasteiger partial charge in [-0.15, -0.1) is 11.6 Å². The maximum atomic E-state index is 6.15. The Morgan fingerprint density at radius 1 is 1.29 bits per heavy atom. The van der Waals surface area contributed by atoms with Crippen LogP contribution in [0.5, 0.6) is 5.75 Å². The van der Waals surface area contributed by atoms with E-state index in [1.807, 2.05) is 0 Å². The number of halogens is 1. The van der Waals surface area contributed by atoms with E-state index >= 15 is 0 Å². The molecule has 1 fully saturated rings. The molecule has 0 N–H and O–H groups in total. The Kier molecular flexibility index (Phi) is 3.37. The van der Waals surface area contributed by atoms with Gasteiger partial charge in [-0.25, -0.2) is 0 Å². The van der Waals surface area contributed by atoms with E-state index in [1.165, 1.54) is 22.3 Å². The molecule has 17 heavy (non-hydrogen) atoms. The molecular weight excluding hydrogens is 236 g/mol. The predicted molar refractivity (Wildman–Crippen MR) is 70.4 cm³/mol. The summed E-state index contributed by atoms with van der Waals surface area (Å²) in [4.78, 5) is 0. The molecule has 3 heteroatoms. The van der Waals surface area contributed by atoms with E-state index in [0.717, 1.165) is 19.0 Å². The molecule has 0 spiro atoms. The van der Waals surface area contributed by atoms with Gasteiger partial charge in [0, 0.05) is 5.88 Å². The third-order valence-corrected chi connectivity index (χ3v) is 4.32. The van der Waals surface area contributed by atoms with E-state index < -0.39 is 0 Å². The largest absolute Gasteiger partial charge is 0.496 e. The van der Waals surface area contributed by atoms with Crippen LogP contribution >= 0.6 is 11.6 Å². The highest BCUT2D eigenvalue weighted by Crippen LogP contribution is 2.40. The zero-order chi connectivity index (χ0) is 12.6. The summed E-state index contributed by atoms with van der Waals surface area (Å²) in [5.41, 5.74) is 5.08. The fourth-order valence-electron chi connectivity index (χ4n) is 2.71. The molecule has 0 aliphatic carbocycles. The number of benzene rings is 1. The van der Waals surface area contributed by atoms with Gasteiger partial charge in [-0.2, -0.15) is 0 Å². The number of hydrogen-bond acceptors (Lipinski definition) is 2. The number of methoxy groups -OCH3 is 1. The quantitative estimate of drug-likeness (QED) is 0.772. The van der Waals surface area contributed by atoms with Crippen LogP contribution < -0.4 is 4.74 Å². The van der Waals surface area contributed by atoms with Crippen LogP contribution in [-0.4, -0.2) is 26.2 Å². The lowest BCUT2D eigenvalue weighted by Gasteiger charge is -2.42. The van der Waals surface area contributed by atoms with Gasteiger partial charge in [0.25, 0.3) is 0 Å². The van der Waals surface area contributed by atoms with Crippen molar-refractivity contribution < 1.29 is 9.47 Å². The first-order chi connectivity index (χ1) is 8.05. The van der Waals surface area contributed by atoms with Gasteiger partial charge in [0.2, 0.25) is 0 Å². The van der Waals surface area contributed by atoms with Crippen LogP contribution in [-0.2, 0) is 10.2 Å².